The van der Waals surface area contributed by atoms with Crippen LogP contribution in [-0.4, -0.2) is 89.6 Å². The summed E-state index contributed by atoms with van der Waals surface area (Å²) in [6.07, 6.45) is 45.3. The fourth-order valence-corrected chi connectivity index (χ4v) is 8.49. The second-order valence-electron chi connectivity index (χ2n) is 18.7. The van der Waals surface area contributed by atoms with Crippen molar-refractivity contribution in [2.75, 3.05) is 26.4 Å². The number of aliphatic hydroxyl groups excluding tert-OH is 4. The fourth-order valence-electron chi connectivity index (χ4n) is 8.49. The van der Waals surface area contributed by atoms with E-state index in [1.165, 1.54) is 205 Å². The average Bonchev–Trinajstić information content (AvgIpc) is 3.27. The van der Waals surface area contributed by atoms with Gasteiger partial charge in [0.25, 0.3) is 0 Å². The summed E-state index contributed by atoms with van der Waals surface area (Å²) in [7, 11) is 0. The van der Waals surface area contributed by atoms with Gasteiger partial charge in [0.05, 0.1) is 19.8 Å². The van der Waals surface area contributed by atoms with Crippen molar-refractivity contribution < 1.29 is 44.2 Å². The van der Waals surface area contributed by atoms with Crippen molar-refractivity contribution in [2.45, 2.75) is 295 Å². The van der Waals surface area contributed by atoms with Crippen LogP contribution in [0.25, 0.3) is 0 Å². The van der Waals surface area contributed by atoms with E-state index in [-0.39, 0.29) is 19.2 Å². The molecule has 1 fully saturated rings. The molecule has 9 heteroatoms. The van der Waals surface area contributed by atoms with Crippen LogP contribution in [0.1, 0.15) is 258 Å². The maximum Gasteiger partial charge on any atom is 0.306 e. The van der Waals surface area contributed by atoms with Gasteiger partial charge in [-0.05, 0) is 38.5 Å². The quantitative estimate of drug-likeness (QED) is 0.0268. The maximum absolute atomic E-state index is 12.8. The van der Waals surface area contributed by atoms with Crippen LogP contribution in [0.15, 0.2) is 12.2 Å². The van der Waals surface area contributed by atoms with Gasteiger partial charge in [-0.2, -0.15) is 0 Å². The van der Waals surface area contributed by atoms with E-state index >= 15 is 0 Å². The molecule has 1 aliphatic rings. The Morgan fingerprint density at radius 3 is 1.31 bits per heavy atom. The number of hydrogen-bond acceptors (Lipinski definition) is 9. The molecule has 1 aliphatic heterocycles. The molecule has 6 unspecified atom stereocenters. The molecular weight excluding hydrogens is 781 g/mol. The van der Waals surface area contributed by atoms with Crippen molar-refractivity contribution in [1.82, 2.24) is 0 Å². The first-order valence-corrected chi connectivity index (χ1v) is 26.8. The Bertz CT molecular complexity index is 961. The molecular formula is C53H102O9. The molecule has 0 aromatic rings. The molecule has 0 radical (unpaired) electrons. The lowest BCUT2D eigenvalue weighted by atomic mass is 9.99. The first kappa shape index (κ1) is 58.9. The van der Waals surface area contributed by atoms with E-state index in [0.29, 0.717) is 13.0 Å². The molecule has 1 saturated heterocycles. The van der Waals surface area contributed by atoms with E-state index in [2.05, 4.69) is 26.0 Å². The molecule has 0 aliphatic carbocycles. The summed E-state index contributed by atoms with van der Waals surface area (Å²) >= 11 is 0. The van der Waals surface area contributed by atoms with E-state index in [1.54, 1.807) is 0 Å². The molecule has 0 aromatic heterocycles. The minimum atomic E-state index is -1.53. The van der Waals surface area contributed by atoms with Crippen LogP contribution in [0.4, 0.5) is 0 Å². The minimum absolute atomic E-state index is 0.109. The van der Waals surface area contributed by atoms with Gasteiger partial charge < -0.3 is 39.4 Å². The van der Waals surface area contributed by atoms with Crippen LogP contribution in [0.5, 0.6) is 0 Å². The lowest BCUT2D eigenvalue weighted by molar-refractivity contribution is -0.305. The van der Waals surface area contributed by atoms with E-state index in [1.807, 2.05) is 0 Å². The Hall–Kier alpha value is -1.07. The zero-order valence-electron chi connectivity index (χ0n) is 40.6. The SMILES string of the molecule is CCCCCCCCC/C=C\CCCCCCCCCC(=O)OC(COCCCCCCCCCCCCCCCCCCCCCCC)COC1OC(CO)C(O)C(O)C1O. The monoisotopic (exact) mass is 883 g/mol. The van der Waals surface area contributed by atoms with Gasteiger partial charge in [-0.1, -0.05) is 225 Å². The van der Waals surface area contributed by atoms with Crippen LogP contribution in [0.2, 0.25) is 0 Å². The van der Waals surface area contributed by atoms with Crippen molar-refractivity contribution in [3.05, 3.63) is 12.2 Å². The van der Waals surface area contributed by atoms with Gasteiger partial charge in [0.15, 0.2) is 6.29 Å². The smallest absolute Gasteiger partial charge is 0.306 e. The van der Waals surface area contributed by atoms with Gasteiger partial charge in [-0.3, -0.25) is 4.79 Å². The second kappa shape index (κ2) is 45.1. The molecule has 4 N–H and O–H groups in total. The number of carbonyl (C=O) groups is 1. The average molecular weight is 883 g/mol. The summed E-state index contributed by atoms with van der Waals surface area (Å²) in [6.45, 7) is 4.61. The van der Waals surface area contributed by atoms with Crippen molar-refractivity contribution in [3.8, 4) is 0 Å². The zero-order valence-corrected chi connectivity index (χ0v) is 40.6. The first-order valence-electron chi connectivity index (χ1n) is 26.8. The summed E-state index contributed by atoms with van der Waals surface area (Å²) in [5.74, 6) is -0.312. The highest BCUT2D eigenvalue weighted by atomic mass is 16.7. The van der Waals surface area contributed by atoms with Gasteiger partial charge in [-0.15, -0.1) is 0 Å². The molecule has 1 heterocycles. The zero-order chi connectivity index (χ0) is 45.0. The van der Waals surface area contributed by atoms with E-state index in [9.17, 15) is 25.2 Å². The second-order valence-corrected chi connectivity index (χ2v) is 18.7. The molecule has 9 nitrogen and oxygen atoms in total. The number of rotatable bonds is 47. The molecule has 0 saturated carbocycles. The minimum Gasteiger partial charge on any atom is -0.457 e. The van der Waals surface area contributed by atoms with Crippen LogP contribution in [0.3, 0.4) is 0 Å². The van der Waals surface area contributed by atoms with Gasteiger partial charge in [0, 0.05) is 13.0 Å². The number of unbranched alkanes of at least 4 members (excludes halogenated alkanes) is 34. The molecule has 0 spiro atoms. The Labute approximate surface area is 382 Å². The topological polar surface area (TPSA) is 135 Å². The highest BCUT2D eigenvalue weighted by molar-refractivity contribution is 5.69. The van der Waals surface area contributed by atoms with Crippen molar-refractivity contribution in [3.63, 3.8) is 0 Å². The van der Waals surface area contributed by atoms with E-state index < -0.39 is 43.4 Å². The summed E-state index contributed by atoms with van der Waals surface area (Å²) in [6, 6.07) is 0. The molecule has 0 aromatic carbocycles. The molecule has 0 bridgehead atoms. The predicted molar refractivity (Wildman–Crippen MR) is 256 cm³/mol. The van der Waals surface area contributed by atoms with Gasteiger partial charge >= 0.3 is 5.97 Å². The summed E-state index contributed by atoms with van der Waals surface area (Å²) in [4.78, 5) is 12.8. The maximum atomic E-state index is 12.8. The van der Waals surface area contributed by atoms with Crippen LogP contribution in [-0.2, 0) is 23.7 Å². The van der Waals surface area contributed by atoms with Gasteiger partial charge in [-0.25, -0.2) is 0 Å². The third kappa shape index (κ3) is 35.2. The van der Waals surface area contributed by atoms with E-state index in [4.69, 9.17) is 18.9 Å². The molecule has 0 amide bonds. The number of carbonyl (C=O) groups excluding carboxylic acids is 1. The van der Waals surface area contributed by atoms with Crippen molar-refractivity contribution in [2.24, 2.45) is 0 Å². The summed E-state index contributed by atoms with van der Waals surface area (Å²) in [5.41, 5.74) is 0. The third-order valence-electron chi connectivity index (χ3n) is 12.7. The Morgan fingerprint density at radius 1 is 0.500 bits per heavy atom. The van der Waals surface area contributed by atoms with Crippen molar-refractivity contribution in [1.29, 1.82) is 0 Å². The molecule has 368 valence electrons. The van der Waals surface area contributed by atoms with E-state index in [0.717, 1.165) is 32.1 Å². The molecule has 6 atom stereocenters. The Morgan fingerprint density at radius 2 is 0.887 bits per heavy atom. The summed E-state index contributed by atoms with van der Waals surface area (Å²) in [5, 5.41) is 40.3. The van der Waals surface area contributed by atoms with Crippen LogP contribution < -0.4 is 0 Å². The number of esters is 1. The van der Waals surface area contributed by atoms with Gasteiger partial charge in [0.2, 0.25) is 0 Å². The fraction of sp³-hybridized carbons (Fsp3) is 0.943. The number of allylic oxidation sites excluding steroid dienone is 2. The lowest BCUT2D eigenvalue weighted by Gasteiger charge is -2.39. The van der Waals surface area contributed by atoms with Crippen LogP contribution in [0, 0.1) is 0 Å². The highest BCUT2D eigenvalue weighted by Gasteiger charge is 2.44. The number of hydrogen-bond donors (Lipinski definition) is 4. The normalized spacial score (nSPS) is 19.7. The molecule has 62 heavy (non-hydrogen) atoms. The Balaban J connectivity index is 2.17. The van der Waals surface area contributed by atoms with Gasteiger partial charge in [0.1, 0.15) is 30.5 Å². The highest BCUT2D eigenvalue weighted by Crippen LogP contribution is 2.23. The van der Waals surface area contributed by atoms with Crippen molar-refractivity contribution >= 4 is 5.97 Å². The largest absolute Gasteiger partial charge is 0.457 e. The molecule has 1 rings (SSSR count). The number of ether oxygens (including phenoxy) is 4. The Kier molecular flexibility index (Phi) is 42.9. The number of aliphatic hydroxyl groups is 4. The predicted octanol–water partition coefficient (Wildman–Crippen LogP) is 13.2. The summed E-state index contributed by atoms with van der Waals surface area (Å²) < 4.78 is 22.9. The van der Waals surface area contributed by atoms with Crippen LogP contribution >= 0.6 is 0 Å². The first-order chi connectivity index (χ1) is 30.4. The lowest BCUT2D eigenvalue weighted by Crippen LogP contribution is -2.59. The third-order valence-corrected chi connectivity index (χ3v) is 12.7. The standard InChI is InChI=1S/C53H102O9/c1-3-5-7-9-11-13-15-17-19-21-23-24-25-27-29-31-33-35-37-39-41-43-59-45-47(46-60-53-52(58)51(57)50(56)48(44-54)62-53)61-49(55)42-40-38-36-34-32-30-28-26-22-20-18-16-14-12-10-8-6-4-2/h20,22,47-48,50-54,56-58H,3-19,21,23-46H2,1-2H3/b22-20-.